The maximum Gasteiger partial charge on any atom is 0.254 e. The summed E-state index contributed by atoms with van der Waals surface area (Å²) in [5, 5.41) is 10.1. The monoisotopic (exact) mass is 344 g/mol. The highest BCUT2D eigenvalue weighted by Crippen LogP contribution is 2.22. The van der Waals surface area contributed by atoms with Crippen molar-refractivity contribution < 1.29 is 4.79 Å². The van der Waals surface area contributed by atoms with E-state index in [9.17, 15) is 4.79 Å². The van der Waals surface area contributed by atoms with E-state index in [4.69, 9.17) is 0 Å². The van der Waals surface area contributed by atoms with Gasteiger partial charge in [0.05, 0.1) is 5.56 Å². The molecule has 0 saturated carbocycles. The molecule has 23 heavy (non-hydrogen) atoms. The van der Waals surface area contributed by atoms with Gasteiger partial charge < -0.3 is 5.32 Å². The second-order valence-corrected chi connectivity index (χ2v) is 6.56. The van der Waals surface area contributed by atoms with E-state index in [0.29, 0.717) is 12.1 Å². The molecule has 3 heterocycles. The first-order chi connectivity index (χ1) is 11.3. The number of rotatable bonds is 6. The van der Waals surface area contributed by atoms with Crippen LogP contribution in [0.5, 0.6) is 0 Å². The van der Waals surface area contributed by atoms with Gasteiger partial charge in [0.1, 0.15) is 11.1 Å². The van der Waals surface area contributed by atoms with Crippen LogP contribution < -0.4 is 5.32 Å². The maximum atomic E-state index is 12.5. The molecule has 118 valence electrons. The van der Waals surface area contributed by atoms with Gasteiger partial charge in [-0.3, -0.25) is 9.48 Å². The Kier molecular flexibility index (Phi) is 5.09. The highest BCUT2D eigenvalue weighted by Gasteiger charge is 2.18. The number of pyridine rings is 1. The molecule has 0 fully saturated rings. The van der Waals surface area contributed by atoms with Crippen LogP contribution in [-0.4, -0.2) is 33.5 Å². The van der Waals surface area contributed by atoms with E-state index in [0.717, 1.165) is 9.90 Å². The molecule has 0 aromatic carbocycles. The molecule has 0 aliphatic heterocycles. The Morgan fingerprint density at radius 1 is 1.35 bits per heavy atom. The first-order valence-electron chi connectivity index (χ1n) is 7.09. The molecule has 7 heteroatoms. The number of nitrogens with one attached hydrogen (secondary N) is 1. The second-order valence-electron chi connectivity index (χ2n) is 4.79. The van der Waals surface area contributed by atoms with Gasteiger partial charge in [-0.1, -0.05) is 6.07 Å². The average Bonchev–Trinajstić information content (AvgIpc) is 3.29. The fraction of sp³-hybridized carbons (Fsp3) is 0.188. The molecule has 0 spiro atoms. The van der Waals surface area contributed by atoms with Gasteiger partial charge in [0.15, 0.2) is 0 Å². The largest absolute Gasteiger partial charge is 0.349 e. The molecule has 1 atom stereocenters. The summed E-state index contributed by atoms with van der Waals surface area (Å²) in [6.07, 6.45) is 7.27. The first kappa shape index (κ1) is 15.8. The van der Waals surface area contributed by atoms with Crippen molar-refractivity contribution in [3.63, 3.8) is 0 Å². The topological polar surface area (TPSA) is 59.8 Å². The number of carbonyl (C=O) groups is 1. The van der Waals surface area contributed by atoms with Gasteiger partial charge in [-0.2, -0.15) is 5.10 Å². The third-order valence-corrected chi connectivity index (χ3v) is 5.07. The summed E-state index contributed by atoms with van der Waals surface area (Å²) in [6, 6.07) is 9.51. The summed E-state index contributed by atoms with van der Waals surface area (Å²) in [5.74, 6) is -0.115. The van der Waals surface area contributed by atoms with E-state index in [2.05, 4.69) is 21.5 Å². The standard InChI is InChI=1S/C16H16N4OS2/c1-22-16-12(5-2-7-17-16)15(21)18-11-13(14-6-3-10-23-14)20-9-4-8-19-20/h2-10,13H,11H2,1H3,(H,18,21). The summed E-state index contributed by atoms with van der Waals surface area (Å²) in [5.41, 5.74) is 0.602. The van der Waals surface area contributed by atoms with Crippen LogP contribution in [0.2, 0.25) is 0 Å². The van der Waals surface area contributed by atoms with Crippen molar-refractivity contribution in [2.75, 3.05) is 12.8 Å². The summed E-state index contributed by atoms with van der Waals surface area (Å²) in [7, 11) is 0. The van der Waals surface area contributed by atoms with Crippen molar-refractivity contribution in [3.8, 4) is 0 Å². The normalized spacial score (nSPS) is 12.0. The van der Waals surface area contributed by atoms with Crippen LogP contribution in [0, 0.1) is 0 Å². The van der Waals surface area contributed by atoms with Crippen molar-refractivity contribution in [1.82, 2.24) is 20.1 Å². The molecule has 0 saturated heterocycles. The number of thioether (sulfide) groups is 1. The number of amides is 1. The van der Waals surface area contributed by atoms with Crippen LogP contribution in [0.3, 0.4) is 0 Å². The minimum atomic E-state index is -0.115. The van der Waals surface area contributed by atoms with Crippen LogP contribution >= 0.6 is 23.1 Å². The van der Waals surface area contributed by atoms with Gasteiger partial charge in [0.2, 0.25) is 0 Å². The van der Waals surface area contributed by atoms with Gasteiger partial charge in [0.25, 0.3) is 5.91 Å². The Hall–Kier alpha value is -2.12. The van der Waals surface area contributed by atoms with Gasteiger partial charge in [-0.15, -0.1) is 23.1 Å². The van der Waals surface area contributed by atoms with Gasteiger partial charge in [-0.05, 0) is 35.9 Å². The summed E-state index contributed by atoms with van der Waals surface area (Å²) < 4.78 is 1.87. The second kappa shape index (κ2) is 7.43. The Labute approximate surface area is 142 Å². The van der Waals surface area contributed by atoms with Crippen molar-refractivity contribution >= 4 is 29.0 Å². The fourth-order valence-corrected chi connectivity index (χ4v) is 3.65. The Morgan fingerprint density at radius 3 is 2.96 bits per heavy atom. The van der Waals surface area contributed by atoms with Crippen molar-refractivity contribution in [1.29, 1.82) is 0 Å². The molecule has 1 amide bonds. The smallest absolute Gasteiger partial charge is 0.254 e. The molecule has 0 bridgehead atoms. The molecule has 1 N–H and O–H groups in total. The van der Waals surface area contributed by atoms with Crippen LogP contribution in [0.15, 0.2) is 59.3 Å². The zero-order chi connectivity index (χ0) is 16.1. The van der Waals surface area contributed by atoms with E-state index in [1.165, 1.54) is 11.8 Å². The van der Waals surface area contributed by atoms with E-state index >= 15 is 0 Å². The molecule has 5 nitrogen and oxygen atoms in total. The zero-order valence-corrected chi connectivity index (χ0v) is 14.2. The molecule has 0 aliphatic carbocycles. The number of thiophene rings is 1. The molecule has 3 aromatic heterocycles. The lowest BCUT2D eigenvalue weighted by Crippen LogP contribution is -2.31. The molecule has 1 unspecified atom stereocenters. The van der Waals surface area contributed by atoms with Crippen LogP contribution in [0.1, 0.15) is 21.3 Å². The molecular weight excluding hydrogens is 328 g/mol. The molecular formula is C16H16N4OS2. The predicted octanol–water partition coefficient (Wildman–Crippen LogP) is 3.08. The lowest BCUT2D eigenvalue weighted by Gasteiger charge is -2.17. The number of nitrogens with zero attached hydrogens (tertiary/aromatic N) is 3. The lowest BCUT2D eigenvalue weighted by atomic mass is 10.2. The average molecular weight is 344 g/mol. The minimum absolute atomic E-state index is 0.0108. The van der Waals surface area contributed by atoms with E-state index in [-0.39, 0.29) is 11.9 Å². The van der Waals surface area contributed by atoms with E-state index in [1.54, 1.807) is 35.9 Å². The van der Waals surface area contributed by atoms with Gasteiger partial charge in [0, 0.05) is 30.0 Å². The number of hydrogen-bond donors (Lipinski definition) is 1. The van der Waals surface area contributed by atoms with Crippen LogP contribution in [0.4, 0.5) is 0 Å². The summed E-state index contributed by atoms with van der Waals surface area (Å²) >= 11 is 3.12. The third kappa shape index (κ3) is 3.62. The third-order valence-electron chi connectivity index (χ3n) is 3.38. The number of hydrogen-bond acceptors (Lipinski definition) is 5. The molecule has 3 aromatic rings. The zero-order valence-electron chi connectivity index (χ0n) is 12.5. The highest BCUT2D eigenvalue weighted by molar-refractivity contribution is 7.98. The lowest BCUT2D eigenvalue weighted by molar-refractivity contribution is 0.0945. The van der Waals surface area contributed by atoms with Crippen molar-refractivity contribution in [3.05, 3.63) is 64.7 Å². The van der Waals surface area contributed by atoms with Crippen LogP contribution in [0.25, 0.3) is 0 Å². The molecule has 0 aliphatic rings. The van der Waals surface area contributed by atoms with Crippen LogP contribution in [-0.2, 0) is 0 Å². The summed E-state index contributed by atoms with van der Waals surface area (Å²) in [4.78, 5) is 17.9. The molecule has 3 rings (SSSR count). The highest BCUT2D eigenvalue weighted by atomic mass is 32.2. The predicted molar refractivity (Wildman–Crippen MR) is 93.0 cm³/mol. The Morgan fingerprint density at radius 2 is 2.26 bits per heavy atom. The quantitative estimate of drug-likeness (QED) is 0.698. The number of carbonyl (C=O) groups excluding carboxylic acids is 1. The van der Waals surface area contributed by atoms with E-state index < -0.39 is 0 Å². The SMILES string of the molecule is CSc1ncccc1C(=O)NCC(c1cccs1)n1cccn1. The first-order valence-corrected chi connectivity index (χ1v) is 9.19. The Balaban J connectivity index is 1.76. The summed E-state index contributed by atoms with van der Waals surface area (Å²) in [6.45, 7) is 0.476. The minimum Gasteiger partial charge on any atom is -0.349 e. The Bertz CT molecular complexity index is 722. The fourth-order valence-electron chi connectivity index (χ4n) is 2.28. The number of aromatic nitrogens is 3. The van der Waals surface area contributed by atoms with Gasteiger partial charge in [-0.25, -0.2) is 4.98 Å². The van der Waals surface area contributed by atoms with E-state index in [1.807, 2.05) is 34.6 Å². The van der Waals surface area contributed by atoms with Crippen molar-refractivity contribution in [2.45, 2.75) is 11.1 Å². The maximum absolute atomic E-state index is 12.5. The molecule has 0 radical (unpaired) electrons. The van der Waals surface area contributed by atoms with Crippen molar-refractivity contribution in [2.24, 2.45) is 0 Å². The van der Waals surface area contributed by atoms with Gasteiger partial charge >= 0.3 is 0 Å².